The zero-order valence-corrected chi connectivity index (χ0v) is 14.4. The molecule has 1 aliphatic rings. The summed E-state index contributed by atoms with van der Waals surface area (Å²) in [6, 6.07) is 0. The van der Waals surface area contributed by atoms with Crippen LogP contribution in [0.4, 0.5) is 5.82 Å². The summed E-state index contributed by atoms with van der Waals surface area (Å²) < 4.78 is 14.0. The lowest BCUT2D eigenvalue weighted by atomic mass is 10.1. The Morgan fingerprint density at radius 2 is 2.26 bits per heavy atom. The number of ether oxygens (including phenoxy) is 2. The van der Waals surface area contributed by atoms with E-state index in [4.69, 9.17) is 15.2 Å². The van der Waals surface area contributed by atoms with Crippen molar-refractivity contribution < 1.29 is 19.7 Å². The van der Waals surface area contributed by atoms with Crippen molar-refractivity contribution in [3.05, 3.63) is 17.0 Å². The molecule has 1 saturated heterocycles. The van der Waals surface area contributed by atoms with Gasteiger partial charge in [-0.25, -0.2) is 9.97 Å². The fourth-order valence-corrected chi connectivity index (χ4v) is 3.41. The standard InChI is InChI=1S/C14H19BrN4O4/c1-14(2,21)23-8-3-10(22-9(8)5-20)19-4-7(15)11-12(16)17-6-18-13(11)19/h4,6,8-10,20-21H,3,5H2,1-2H3,(H2,16,17,18)/t8?,9-,10-/m1/s1. The third-order valence-corrected chi connectivity index (χ3v) is 4.30. The Balaban J connectivity index is 1.93. The minimum Gasteiger partial charge on any atom is -0.394 e. The second kappa shape index (κ2) is 5.99. The molecule has 1 aliphatic heterocycles. The van der Waals surface area contributed by atoms with Crippen LogP contribution < -0.4 is 5.73 Å². The zero-order chi connectivity index (χ0) is 16.8. The molecule has 0 saturated carbocycles. The topological polar surface area (TPSA) is 116 Å². The van der Waals surface area contributed by atoms with Gasteiger partial charge in [0.2, 0.25) is 0 Å². The third kappa shape index (κ3) is 3.20. The normalized spacial score (nSPS) is 25.3. The van der Waals surface area contributed by atoms with Crippen molar-refractivity contribution in [2.45, 2.75) is 44.5 Å². The van der Waals surface area contributed by atoms with Gasteiger partial charge in [-0.15, -0.1) is 0 Å². The summed E-state index contributed by atoms with van der Waals surface area (Å²) in [6.45, 7) is 2.89. The van der Waals surface area contributed by atoms with Crippen LogP contribution in [0.5, 0.6) is 0 Å². The van der Waals surface area contributed by atoms with Gasteiger partial charge in [-0.05, 0) is 29.8 Å². The van der Waals surface area contributed by atoms with E-state index in [9.17, 15) is 10.2 Å². The van der Waals surface area contributed by atoms with Gasteiger partial charge in [0, 0.05) is 17.1 Å². The first kappa shape index (κ1) is 16.6. The average molecular weight is 387 g/mol. The highest BCUT2D eigenvalue weighted by atomic mass is 79.9. The van der Waals surface area contributed by atoms with E-state index in [1.807, 2.05) is 10.8 Å². The summed E-state index contributed by atoms with van der Waals surface area (Å²) in [4.78, 5) is 8.25. The van der Waals surface area contributed by atoms with E-state index in [0.717, 1.165) is 4.47 Å². The fourth-order valence-electron chi connectivity index (χ4n) is 2.81. The molecule has 3 rings (SSSR count). The monoisotopic (exact) mass is 386 g/mol. The van der Waals surface area contributed by atoms with Gasteiger partial charge < -0.3 is 30.0 Å². The number of hydrogen-bond donors (Lipinski definition) is 3. The maximum absolute atomic E-state index is 9.85. The Morgan fingerprint density at radius 3 is 2.91 bits per heavy atom. The van der Waals surface area contributed by atoms with Crippen molar-refractivity contribution in [2.24, 2.45) is 0 Å². The van der Waals surface area contributed by atoms with Crippen LogP contribution in [-0.4, -0.2) is 49.4 Å². The molecule has 9 heteroatoms. The number of aliphatic hydroxyl groups excluding tert-OH is 1. The number of anilines is 1. The van der Waals surface area contributed by atoms with Gasteiger partial charge in [-0.3, -0.25) is 0 Å². The van der Waals surface area contributed by atoms with Crippen LogP contribution in [0.2, 0.25) is 0 Å². The summed E-state index contributed by atoms with van der Waals surface area (Å²) in [6.07, 6.45) is 2.34. The second-order valence-electron chi connectivity index (χ2n) is 5.99. The molecule has 0 aromatic carbocycles. The average Bonchev–Trinajstić information content (AvgIpc) is 2.99. The van der Waals surface area contributed by atoms with E-state index >= 15 is 0 Å². The number of halogens is 1. The summed E-state index contributed by atoms with van der Waals surface area (Å²) in [5.41, 5.74) is 6.53. The molecule has 1 fully saturated rings. The lowest BCUT2D eigenvalue weighted by Gasteiger charge is -2.25. The molecular weight excluding hydrogens is 368 g/mol. The number of hydrogen-bond acceptors (Lipinski definition) is 7. The molecule has 1 unspecified atom stereocenters. The van der Waals surface area contributed by atoms with Gasteiger partial charge in [0.05, 0.1) is 18.1 Å². The number of rotatable bonds is 4. The van der Waals surface area contributed by atoms with Gasteiger partial charge in [-0.2, -0.15) is 0 Å². The van der Waals surface area contributed by atoms with Gasteiger partial charge in [-0.1, -0.05) is 0 Å². The van der Waals surface area contributed by atoms with Gasteiger partial charge in [0.1, 0.15) is 30.1 Å². The van der Waals surface area contributed by atoms with Crippen LogP contribution in [-0.2, 0) is 9.47 Å². The molecule has 126 valence electrons. The molecule has 3 heterocycles. The Kier molecular flexibility index (Phi) is 4.32. The van der Waals surface area contributed by atoms with Crippen molar-refractivity contribution in [3.63, 3.8) is 0 Å². The number of aliphatic hydroxyl groups is 2. The van der Waals surface area contributed by atoms with E-state index in [-0.39, 0.29) is 12.8 Å². The molecule has 4 N–H and O–H groups in total. The molecule has 2 aromatic heterocycles. The van der Waals surface area contributed by atoms with E-state index in [2.05, 4.69) is 25.9 Å². The first-order chi connectivity index (χ1) is 10.8. The van der Waals surface area contributed by atoms with Crippen LogP contribution in [0.3, 0.4) is 0 Å². The summed E-state index contributed by atoms with van der Waals surface area (Å²) in [5, 5.41) is 20.1. The Bertz CT molecular complexity index is 715. The van der Waals surface area contributed by atoms with E-state index in [0.29, 0.717) is 23.3 Å². The second-order valence-corrected chi connectivity index (χ2v) is 6.85. The maximum atomic E-state index is 9.85. The van der Waals surface area contributed by atoms with Crippen molar-refractivity contribution in [1.82, 2.24) is 14.5 Å². The minimum absolute atomic E-state index is 0.200. The number of nitrogens with zero attached hydrogens (tertiary/aromatic N) is 3. The van der Waals surface area contributed by atoms with Crippen molar-refractivity contribution in [1.29, 1.82) is 0 Å². The summed E-state index contributed by atoms with van der Waals surface area (Å²) in [5.74, 6) is -0.927. The summed E-state index contributed by atoms with van der Waals surface area (Å²) in [7, 11) is 0. The first-order valence-corrected chi connectivity index (χ1v) is 8.02. The molecule has 0 bridgehead atoms. The summed E-state index contributed by atoms with van der Waals surface area (Å²) >= 11 is 3.45. The van der Waals surface area contributed by atoms with E-state index in [1.54, 1.807) is 13.8 Å². The molecule has 0 amide bonds. The van der Waals surface area contributed by atoms with Gasteiger partial charge >= 0.3 is 0 Å². The Labute approximate surface area is 141 Å². The molecular formula is C14H19BrN4O4. The molecule has 0 radical (unpaired) electrons. The van der Waals surface area contributed by atoms with Crippen LogP contribution in [0.1, 0.15) is 26.5 Å². The first-order valence-electron chi connectivity index (χ1n) is 7.23. The predicted molar refractivity (Wildman–Crippen MR) is 86.4 cm³/mol. The minimum atomic E-state index is -1.30. The Hall–Kier alpha value is -1.26. The molecule has 2 aromatic rings. The van der Waals surface area contributed by atoms with Crippen LogP contribution in [0.25, 0.3) is 11.0 Å². The lowest BCUT2D eigenvalue weighted by molar-refractivity contribution is -0.216. The van der Waals surface area contributed by atoms with Crippen LogP contribution in [0, 0.1) is 0 Å². The van der Waals surface area contributed by atoms with Crippen LogP contribution in [0.15, 0.2) is 17.0 Å². The smallest absolute Gasteiger partial charge is 0.160 e. The van der Waals surface area contributed by atoms with Crippen molar-refractivity contribution in [2.75, 3.05) is 12.3 Å². The fraction of sp³-hybridized carbons (Fsp3) is 0.571. The highest BCUT2D eigenvalue weighted by molar-refractivity contribution is 9.10. The van der Waals surface area contributed by atoms with Gasteiger partial charge in [0.25, 0.3) is 0 Å². The predicted octanol–water partition coefficient (Wildman–Crippen LogP) is 1.17. The van der Waals surface area contributed by atoms with Crippen molar-refractivity contribution in [3.8, 4) is 0 Å². The number of nitrogens with two attached hydrogens (primary N) is 1. The number of aromatic nitrogens is 3. The number of fused-ring (bicyclic) bond motifs is 1. The highest BCUT2D eigenvalue weighted by Crippen LogP contribution is 2.37. The van der Waals surface area contributed by atoms with E-state index in [1.165, 1.54) is 6.33 Å². The molecule has 3 atom stereocenters. The maximum Gasteiger partial charge on any atom is 0.160 e. The highest BCUT2D eigenvalue weighted by Gasteiger charge is 2.40. The largest absolute Gasteiger partial charge is 0.394 e. The molecule has 0 spiro atoms. The van der Waals surface area contributed by atoms with E-state index < -0.39 is 18.0 Å². The molecule has 0 aliphatic carbocycles. The third-order valence-electron chi connectivity index (χ3n) is 3.70. The SMILES string of the molecule is CC(C)(O)OC1C[C@H](n2cc(Br)c3c(N)ncnc32)O[C@@H]1CO. The lowest BCUT2D eigenvalue weighted by Crippen LogP contribution is -2.36. The molecule has 8 nitrogen and oxygen atoms in total. The quantitative estimate of drug-likeness (QED) is 0.675. The Morgan fingerprint density at radius 1 is 1.52 bits per heavy atom. The van der Waals surface area contributed by atoms with Gasteiger partial charge in [0.15, 0.2) is 5.79 Å². The van der Waals surface area contributed by atoms with Crippen molar-refractivity contribution >= 4 is 32.8 Å². The van der Waals surface area contributed by atoms with Crippen LogP contribution >= 0.6 is 15.9 Å². The number of nitrogen functional groups attached to an aromatic ring is 1. The zero-order valence-electron chi connectivity index (χ0n) is 12.8. The molecule has 23 heavy (non-hydrogen) atoms.